The summed E-state index contributed by atoms with van der Waals surface area (Å²) in [5, 5.41) is 41.3. The van der Waals surface area contributed by atoms with Crippen LogP contribution in [0.1, 0.15) is 33.1 Å². The zero-order valence-electron chi connectivity index (χ0n) is 13.3. The van der Waals surface area contributed by atoms with Gasteiger partial charge >= 0.3 is 0 Å². The van der Waals surface area contributed by atoms with Crippen molar-refractivity contribution in [1.82, 2.24) is 4.90 Å². The molecule has 5 nitrogen and oxygen atoms in total. The van der Waals surface area contributed by atoms with Gasteiger partial charge in [-0.1, -0.05) is 23.8 Å². The second-order valence-corrected chi connectivity index (χ2v) is 7.30. The molecule has 1 saturated carbocycles. The summed E-state index contributed by atoms with van der Waals surface area (Å²) in [6.07, 6.45) is 6.30. The van der Waals surface area contributed by atoms with E-state index in [2.05, 4.69) is 12.2 Å². The molecule has 0 unspecified atom stereocenters. The van der Waals surface area contributed by atoms with E-state index in [-0.39, 0.29) is 6.04 Å². The molecule has 1 aliphatic carbocycles. The molecule has 0 spiro atoms. The van der Waals surface area contributed by atoms with Crippen molar-refractivity contribution in [2.75, 3.05) is 6.54 Å². The summed E-state index contributed by atoms with van der Waals surface area (Å²) in [5.41, 5.74) is -0.393. The number of hydrogen-bond acceptors (Lipinski definition) is 5. The first-order chi connectivity index (χ1) is 10.3. The lowest BCUT2D eigenvalue weighted by molar-refractivity contribution is -0.128. The molecule has 0 amide bonds. The number of rotatable bonds is 3. The number of piperidine rings is 1. The Kier molecular flexibility index (Phi) is 4.20. The molecule has 0 bridgehead atoms. The van der Waals surface area contributed by atoms with Crippen LogP contribution >= 0.6 is 0 Å². The molecule has 6 atom stereocenters. The zero-order chi connectivity index (χ0) is 16.1. The lowest BCUT2D eigenvalue weighted by atomic mass is 9.85. The first kappa shape index (κ1) is 16.1. The van der Waals surface area contributed by atoms with E-state index in [1.54, 1.807) is 6.92 Å². The van der Waals surface area contributed by atoms with E-state index < -0.39 is 30.0 Å². The Labute approximate surface area is 131 Å². The Morgan fingerprint density at radius 1 is 1.18 bits per heavy atom. The molecule has 3 fully saturated rings. The van der Waals surface area contributed by atoms with E-state index in [0.29, 0.717) is 18.9 Å². The molecule has 124 valence electrons. The standard InChI is InChI=1S/C17H27NO4/c1-10(3-4-11-5-6-11)9-12-16(21)17(2,22)15-14(20)13(19)7-8-18(12)15/h3-4,9,11-16,19-22H,5-8H2,1-2H3/b4-3+,10-9+/t12-,13-,14+,15+,16-,17-/m0/s1. The number of fused-ring (bicyclic) bond motifs is 1. The summed E-state index contributed by atoms with van der Waals surface area (Å²) in [5.74, 6) is 0.694. The van der Waals surface area contributed by atoms with E-state index in [1.165, 1.54) is 12.8 Å². The van der Waals surface area contributed by atoms with Gasteiger partial charge < -0.3 is 20.4 Å². The molecule has 2 heterocycles. The highest BCUT2D eigenvalue weighted by molar-refractivity contribution is 5.26. The van der Waals surface area contributed by atoms with Crippen molar-refractivity contribution >= 4 is 0 Å². The number of nitrogens with zero attached hydrogens (tertiary/aromatic N) is 1. The van der Waals surface area contributed by atoms with Crippen molar-refractivity contribution in [3.8, 4) is 0 Å². The van der Waals surface area contributed by atoms with Crippen molar-refractivity contribution in [3.63, 3.8) is 0 Å². The first-order valence-corrected chi connectivity index (χ1v) is 8.21. The van der Waals surface area contributed by atoms with E-state index in [9.17, 15) is 20.4 Å². The van der Waals surface area contributed by atoms with Crippen molar-refractivity contribution in [2.45, 2.75) is 69.1 Å². The third-order valence-electron chi connectivity index (χ3n) is 5.35. The molecule has 0 aromatic heterocycles. The van der Waals surface area contributed by atoms with Gasteiger partial charge in [0.2, 0.25) is 0 Å². The summed E-state index contributed by atoms with van der Waals surface area (Å²) >= 11 is 0. The normalized spacial score (nSPS) is 47.2. The lowest BCUT2D eigenvalue weighted by Gasteiger charge is -2.42. The predicted molar refractivity (Wildman–Crippen MR) is 83.2 cm³/mol. The molecule has 5 heteroatoms. The van der Waals surface area contributed by atoms with Crippen LogP contribution in [-0.4, -0.2) is 67.9 Å². The first-order valence-electron chi connectivity index (χ1n) is 8.21. The minimum Gasteiger partial charge on any atom is -0.390 e. The Morgan fingerprint density at radius 2 is 1.86 bits per heavy atom. The molecular weight excluding hydrogens is 282 g/mol. The van der Waals surface area contributed by atoms with Gasteiger partial charge in [-0.05, 0) is 39.0 Å². The smallest absolute Gasteiger partial charge is 0.108 e. The van der Waals surface area contributed by atoms with Gasteiger partial charge in [-0.25, -0.2) is 0 Å². The van der Waals surface area contributed by atoms with Crippen molar-refractivity contribution < 1.29 is 20.4 Å². The van der Waals surface area contributed by atoms with E-state index in [4.69, 9.17) is 0 Å². The Morgan fingerprint density at radius 3 is 2.50 bits per heavy atom. The minimum absolute atomic E-state index is 0.342. The van der Waals surface area contributed by atoms with Crippen LogP contribution < -0.4 is 0 Å². The highest BCUT2D eigenvalue weighted by Crippen LogP contribution is 2.40. The van der Waals surface area contributed by atoms with Gasteiger partial charge in [0.1, 0.15) is 11.7 Å². The fraction of sp³-hybridized carbons (Fsp3) is 0.765. The average molecular weight is 309 g/mol. The second kappa shape index (κ2) is 5.73. The maximum Gasteiger partial charge on any atom is 0.108 e. The SMILES string of the molecule is CC(/C=C/C1CC1)=C\[C@H]1[C@H](O)[C@@](C)(O)[C@H]2[C@H](O)[C@@H](O)CCN12. The van der Waals surface area contributed by atoms with Crippen LogP contribution in [0.4, 0.5) is 0 Å². The van der Waals surface area contributed by atoms with Gasteiger partial charge in [-0.2, -0.15) is 0 Å². The van der Waals surface area contributed by atoms with E-state index >= 15 is 0 Å². The molecule has 22 heavy (non-hydrogen) atoms. The van der Waals surface area contributed by atoms with Gasteiger partial charge in [0.25, 0.3) is 0 Å². The second-order valence-electron chi connectivity index (χ2n) is 7.30. The molecule has 3 rings (SSSR count). The average Bonchev–Trinajstić information content (AvgIpc) is 3.25. The fourth-order valence-electron chi connectivity index (χ4n) is 3.80. The number of aliphatic hydroxyl groups excluding tert-OH is 3. The quantitative estimate of drug-likeness (QED) is 0.559. The zero-order valence-corrected chi connectivity index (χ0v) is 13.3. The van der Waals surface area contributed by atoms with Crippen LogP contribution in [0.5, 0.6) is 0 Å². The highest BCUT2D eigenvalue weighted by Gasteiger charge is 2.59. The summed E-state index contributed by atoms with van der Waals surface area (Å²) in [6.45, 7) is 4.08. The van der Waals surface area contributed by atoms with Gasteiger partial charge in [-0.15, -0.1) is 0 Å². The topological polar surface area (TPSA) is 84.2 Å². The molecule has 3 aliphatic rings. The molecule has 4 N–H and O–H groups in total. The van der Waals surface area contributed by atoms with Crippen molar-refractivity contribution in [3.05, 3.63) is 23.8 Å². The lowest BCUT2D eigenvalue weighted by Crippen LogP contribution is -2.60. The number of hydrogen-bond donors (Lipinski definition) is 4. The Bertz CT molecular complexity index is 483. The minimum atomic E-state index is -1.44. The van der Waals surface area contributed by atoms with Crippen molar-refractivity contribution in [1.29, 1.82) is 0 Å². The fourth-order valence-corrected chi connectivity index (χ4v) is 3.80. The third kappa shape index (κ3) is 2.76. The van der Waals surface area contributed by atoms with Crippen LogP contribution in [0.3, 0.4) is 0 Å². The van der Waals surface area contributed by atoms with Gasteiger partial charge in [0, 0.05) is 6.54 Å². The molecule has 2 aliphatic heterocycles. The Balaban J connectivity index is 1.83. The summed E-state index contributed by atoms with van der Waals surface area (Å²) < 4.78 is 0. The van der Waals surface area contributed by atoms with Gasteiger partial charge in [-0.3, -0.25) is 4.90 Å². The molecular formula is C17H27NO4. The summed E-state index contributed by atoms with van der Waals surface area (Å²) in [7, 11) is 0. The molecule has 0 radical (unpaired) electrons. The van der Waals surface area contributed by atoms with Crippen LogP contribution in [-0.2, 0) is 0 Å². The van der Waals surface area contributed by atoms with Gasteiger partial charge in [0.05, 0.1) is 24.3 Å². The summed E-state index contributed by atoms with van der Waals surface area (Å²) in [4.78, 5) is 1.93. The molecule has 2 saturated heterocycles. The maximum absolute atomic E-state index is 10.6. The van der Waals surface area contributed by atoms with E-state index in [1.807, 2.05) is 17.9 Å². The van der Waals surface area contributed by atoms with Crippen LogP contribution in [0, 0.1) is 5.92 Å². The predicted octanol–water partition coefficient (Wildman–Crippen LogP) is 0.189. The Hall–Kier alpha value is -0.720. The van der Waals surface area contributed by atoms with Crippen LogP contribution in [0.2, 0.25) is 0 Å². The maximum atomic E-state index is 10.6. The monoisotopic (exact) mass is 309 g/mol. The number of allylic oxidation sites excluding steroid dienone is 3. The van der Waals surface area contributed by atoms with E-state index in [0.717, 1.165) is 5.57 Å². The molecule has 0 aromatic rings. The van der Waals surface area contributed by atoms with Crippen molar-refractivity contribution in [2.24, 2.45) is 5.92 Å². The van der Waals surface area contributed by atoms with Crippen LogP contribution in [0.15, 0.2) is 23.8 Å². The highest BCUT2D eigenvalue weighted by atomic mass is 16.4. The third-order valence-corrected chi connectivity index (χ3v) is 5.35. The molecule has 0 aromatic carbocycles. The largest absolute Gasteiger partial charge is 0.390 e. The van der Waals surface area contributed by atoms with Gasteiger partial charge in [0.15, 0.2) is 0 Å². The number of aliphatic hydroxyl groups is 4. The van der Waals surface area contributed by atoms with Crippen LogP contribution in [0.25, 0.3) is 0 Å². The summed E-state index contributed by atoms with van der Waals surface area (Å²) in [6, 6.07) is -0.987.